The fraction of sp³-hybridized carbons (Fsp3) is 0.160. The Balaban J connectivity index is 2.00. The van der Waals surface area contributed by atoms with Crippen LogP contribution in [0, 0.1) is 6.92 Å². The molecule has 0 amide bonds. The highest BCUT2D eigenvalue weighted by Gasteiger charge is 2.06. The number of rotatable bonds is 5. The van der Waals surface area contributed by atoms with E-state index in [1.807, 2.05) is 18.2 Å². The Bertz CT molecular complexity index is 908. The van der Waals surface area contributed by atoms with Crippen LogP contribution in [-0.4, -0.2) is 5.71 Å². The molecule has 0 atom stereocenters. The molecular weight excluding hydrogens is 314 g/mol. The van der Waals surface area contributed by atoms with Gasteiger partial charge in [-0.1, -0.05) is 85.0 Å². The summed E-state index contributed by atoms with van der Waals surface area (Å²) in [5, 5.41) is 0. The number of nitrogens with zero attached hydrogens (tertiary/aromatic N) is 1. The zero-order valence-corrected chi connectivity index (χ0v) is 15.6. The Morgan fingerprint density at radius 3 is 2.46 bits per heavy atom. The van der Waals surface area contributed by atoms with E-state index in [0.717, 1.165) is 41.0 Å². The fourth-order valence-corrected chi connectivity index (χ4v) is 3.00. The average molecular weight is 339 g/mol. The summed E-state index contributed by atoms with van der Waals surface area (Å²) < 4.78 is 0. The molecule has 0 saturated heterocycles. The number of benzene rings is 2. The third kappa shape index (κ3) is 4.58. The van der Waals surface area contributed by atoms with Gasteiger partial charge in [-0.3, -0.25) is 4.99 Å². The SMILES string of the molecule is C=C(/C=C(\N=C(C)c1cccc(C)c1)c1ccccc1)C1=CCCC=C1. The smallest absolute Gasteiger partial charge is 0.0711 e. The van der Waals surface area contributed by atoms with Crippen molar-refractivity contribution in [3.8, 4) is 0 Å². The Hall–Kier alpha value is -2.93. The standard InChI is InChI=1S/C25H25N/c1-19-11-10-16-24(17-19)21(3)26-25(23-14-8-5-9-15-23)18-20(2)22-12-6-4-7-13-22/h5-6,8-18H,2,4,7H2,1,3H3/b25-18-,26-21?. The molecule has 0 spiro atoms. The number of allylic oxidation sites excluding steroid dienone is 6. The van der Waals surface area contributed by atoms with E-state index in [1.165, 1.54) is 11.1 Å². The molecule has 1 aliphatic carbocycles. The van der Waals surface area contributed by atoms with Crippen molar-refractivity contribution in [2.75, 3.05) is 0 Å². The summed E-state index contributed by atoms with van der Waals surface area (Å²) in [5.74, 6) is 0. The maximum Gasteiger partial charge on any atom is 0.0711 e. The Labute approximate surface area is 156 Å². The molecule has 0 heterocycles. The summed E-state index contributed by atoms with van der Waals surface area (Å²) in [6.45, 7) is 8.44. The van der Waals surface area contributed by atoms with Gasteiger partial charge in [0.2, 0.25) is 0 Å². The van der Waals surface area contributed by atoms with E-state index in [9.17, 15) is 0 Å². The van der Waals surface area contributed by atoms with Crippen LogP contribution in [0.4, 0.5) is 0 Å². The summed E-state index contributed by atoms with van der Waals surface area (Å²) in [4.78, 5) is 4.96. The van der Waals surface area contributed by atoms with Crippen molar-refractivity contribution in [3.63, 3.8) is 0 Å². The number of aliphatic imine (C=N–C) groups is 1. The average Bonchev–Trinajstić information content (AvgIpc) is 2.68. The van der Waals surface area contributed by atoms with Gasteiger partial charge in [0.25, 0.3) is 0 Å². The van der Waals surface area contributed by atoms with Crippen LogP contribution in [0.1, 0.15) is 36.5 Å². The van der Waals surface area contributed by atoms with Gasteiger partial charge in [0.05, 0.1) is 5.70 Å². The molecule has 1 heteroatoms. The van der Waals surface area contributed by atoms with E-state index in [2.05, 4.69) is 81.1 Å². The summed E-state index contributed by atoms with van der Waals surface area (Å²) in [5.41, 5.74) is 7.62. The van der Waals surface area contributed by atoms with Crippen LogP contribution in [0.3, 0.4) is 0 Å². The van der Waals surface area contributed by atoms with Crippen molar-refractivity contribution >= 4 is 11.4 Å². The summed E-state index contributed by atoms with van der Waals surface area (Å²) >= 11 is 0. The topological polar surface area (TPSA) is 12.4 Å². The van der Waals surface area contributed by atoms with Crippen LogP contribution in [0.25, 0.3) is 5.70 Å². The van der Waals surface area contributed by atoms with Crippen LogP contribution in [0.2, 0.25) is 0 Å². The van der Waals surface area contributed by atoms with Gasteiger partial charge in [-0.05, 0) is 49.5 Å². The lowest BCUT2D eigenvalue weighted by Crippen LogP contribution is -1.97. The number of aryl methyl sites for hydroxylation is 1. The van der Waals surface area contributed by atoms with Gasteiger partial charge < -0.3 is 0 Å². The first kappa shape index (κ1) is 17.9. The second kappa shape index (κ2) is 8.44. The van der Waals surface area contributed by atoms with Gasteiger partial charge in [0.1, 0.15) is 0 Å². The van der Waals surface area contributed by atoms with Gasteiger partial charge in [-0.15, -0.1) is 0 Å². The number of hydrogen-bond donors (Lipinski definition) is 0. The van der Waals surface area contributed by atoms with Gasteiger partial charge in [-0.25, -0.2) is 0 Å². The minimum atomic E-state index is 0.939. The highest BCUT2D eigenvalue weighted by molar-refractivity contribution is 6.02. The molecule has 0 aromatic heterocycles. The Morgan fingerprint density at radius 2 is 1.77 bits per heavy atom. The van der Waals surface area contributed by atoms with Crippen molar-refractivity contribution < 1.29 is 0 Å². The first-order valence-corrected chi connectivity index (χ1v) is 9.09. The van der Waals surface area contributed by atoms with E-state index in [-0.39, 0.29) is 0 Å². The maximum atomic E-state index is 4.96. The van der Waals surface area contributed by atoms with Crippen molar-refractivity contribution in [2.24, 2.45) is 4.99 Å². The van der Waals surface area contributed by atoms with Crippen molar-refractivity contribution in [1.29, 1.82) is 0 Å². The summed E-state index contributed by atoms with van der Waals surface area (Å²) in [7, 11) is 0. The van der Waals surface area contributed by atoms with Gasteiger partial charge >= 0.3 is 0 Å². The third-order valence-electron chi connectivity index (χ3n) is 4.47. The van der Waals surface area contributed by atoms with Gasteiger partial charge in [0.15, 0.2) is 0 Å². The third-order valence-corrected chi connectivity index (χ3v) is 4.47. The fourth-order valence-electron chi connectivity index (χ4n) is 3.00. The van der Waals surface area contributed by atoms with Crippen molar-refractivity contribution in [1.82, 2.24) is 0 Å². The molecule has 1 nitrogen and oxygen atoms in total. The van der Waals surface area contributed by atoms with Crippen LogP contribution in [0.15, 0.2) is 102 Å². The van der Waals surface area contributed by atoms with E-state index >= 15 is 0 Å². The lowest BCUT2D eigenvalue weighted by Gasteiger charge is -2.10. The quantitative estimate of drug-likeness (QED) is 0.426. The molecule has 1 aliphatic rings. The second-order valence-corrected chi connectivity index (χ2v) is 6.63. The predicted octanol–water partition coefficient (Wildman–Crippen LogP) is 6.68. The van der Waals surface area contributed by atoms with Gasteiger partial charge in [-0.2, -0.15) is 0 Å². The molecule has 2 aromatic carbocycles. The van der Waals surface area contributed by atoms with Gasteiger partial charge in [0, 0.05) is 11.3 Å². The minimum Gasteiger partial charge on any atom is -0.252 e. The molecule has 2 aromatic rings. The molecule has 130 valence electrons. The molecule has 0 N–H and O–H groups in total. The molecule has 0 aliphatic heterocycles. The second-order valence-electron chi connectivity index (χ2n) is 6.63. The van der Waals surface area contributed by atoms with E-state index in [4.69, 9.17) is 4.99 Å². The lowest BCUT2D eigenvalue weighted by molar-refractivity contribution is 1.02. The summed E-state index contributed by atoms with van der Waals surface area (Å²) in [6.07, 6.45) is 10.9. The molecule has 26 heavy (non-hydrogen) atoms. The molecule has 0 bridgehead atoms. The maximum absolute atomic E-state index is 4.96. The normalized spacial score (nSPS) is 14.9. The van der Waals surface area contributed by atoms with Crippen LogP contribution in [0.5, 0.6) is 0 Å². The Morgan fingerprint density at radius 1 is 1.00 bits per heavy atom. The predicted molar refractivity (Wildman–Crippen MR) is 113 cm³/mol. The molecule has 0 fully saturated rings. The van der Waals surface area contributed by atoms with Crippen molar-refractivity contribution in [3.05, 3.63) is 113 Å². The lowest BCUT2D eigenvalue weighted by atomic mass is 9.98. The highest BCUT2D eigenvalue weighted by atomic mass is 14.8. The number of hydrogen-bond acceptors (Lipinski definition) is 1. The zero-order valence-electron chi connectivity index (χ0n) is 15.6. The molecular formula is C25H25N. The molecule has 0 radical (unpaired) electrons. The minimum absolute atomic E-state index is 0.939. The van der Waals surface area contributed by atoms with Crippen LogP contribution in [-0.2, 0) is 0 Å². The first-order valence-electron chi connectivity index (χ1n) is 9.09. The highest BCUT2D eigenvalue weighted by Crippen LogP contribution is 2.24. The van der Waals surface area contributed by atoms with E-state index < -0.39 is 0 Å². The molecule has 0 saturated carbocycles. The van der Waals surface area contributed by atoms with Crippen LogP contribution < -0.4 is 0 Å². The van der Waals surface area contributed by atoms with E-state index in [0.29, 0.717) is 0 Å². The monoisotopic (exact) mass is 339 g/mol. The van der Waals surface area contributed by atoms with E-state index in [1.54, 1.807) is 0 Å². The first-order chi connectivity index (χ1) is 12.6. The van der Waals surface area contributed by atoms with Crippen molar-refractivity contribution in [2.45, 2.75) is 26.7 Å². The summed E-state index contributed by atoms with van der Waals surface area (Å²) in [6, 6.07) is 18.8. The van der Waals surface area contributed by atoms with Crippen LogP contribution >= 0.6 is 0 Å². The largest absolute Gasteiger partial charge is 0.252 e. The zero-order chi connectivity index (χ0) is 18.4. The molecule has 0 unspecified atom stereocenters. The Kier molecular flexibility index (Phi) is 5.80. The molecule has 3 rings (SSSR count).